The highest BCUT2D eigenvalue weighted by Crippen LogP contribution is 2.01. The smallest absolute Gasteiger partial charge is 0.0888 e. The van der Waals surface area contributed by atoms with Crippen LogP contribution in [0, 0.1) is 0 Å². The van der Waals surface area contributed by atoms with Crippen molar-refractivity contribution in [3.05, 3.63) is 29.6 Å². The topological polar surface area (TPSA) is 37.4 Å². The Morgan fingerprint density at radius 1 is 1.22 bits per heavy atom. The Balaban J connectivity index is 2.28. The normalized spacial score (nSPS) is 11.1. The van der Waals surface area contributed by atoms with Crippen LogP contribution in [0.25, 0.3) is 0 Å². The molecule has 1 aromatic heterocycles. The summed E-state index contributed by atoms with van der Waals surface area (Å²) >= 11 is 0. The van der Waals surface area contributed by atoms with Gasteiger partial charge in [0.1, 0.15) is 0 Å². The van der Waals surface area contributed by atoms with E-state index >= 15 is 0 Å². The lowest BCUT2D eigenvalue weighted by Gasteiger charge is -2.17. The van der Waals surface area contributed by atoms with E-state index < -0.39 is 0 Å². The highest BCUT2D eigenvalue weighted by molar-refractivity contribution is 5.10. The monoisotopic (exact) mass is 251 g/mol. The molecule has 1 N–H and O–H groups in total. The molecule has 0 aromatic carbocycles. The summed E-state index contributed by atoms with van der Waals surface area (Å²) in [5.74, 6) is 0. The molecule has 0 atom stereocenters. The number of aromatic nitrogens is 1. The van der Waals surface area contributed by atoms with Gasteiger partial charge in [-0.05, 0) is 32.3 Å². The van der Waals surface area contributed by atoms with E-state index in [9.17, 15) is 0 Å². The molecule has 0 aliphatic carbocycles. The maximum atomic E-state index is 5.66. The summed E-state index contributed by atoms with van der Waals surface area (Å²) in [4.78, 5) is 6.87. The van der Waals surface area contributed by atoms with Gasteiger partial charge in [0, 0.05) is 13.1 Å². The van der Waals surface area contributed by atoms with Crippen molar-refractivity contribution in [3.8, 4) is 0 Å². The number of pyridine rings is 1. The van der Waals surface area contributed by atoms with Gasteiger partial charge in [0.15, 0.2) is 0 Å². The molecule has 1 heterocycles. The van der Waals surface area contributed by atoms with Gasteiger partial charge < -0.3 is 15.0 Å². The third kappa shape index (κ3) is 5.58. The van der Waals surface area contributed by atoms with Gasteiger partial charge in [-0.2, -0.15) is 0 Å². The average molecular weight is 251 g/mol. The molecule has 1 aromatic rings. The highest BCUT2D eigenvalue weighted by atomic mass is 16.5. The van der Waals surface area contributed by atoms with Crippen LogP contribution < -0.4 is 5.32 Å². The van der Waals surface area contributed by atoms with E-state index in [1.807, 2.05) is 25.2 Å². The molecule has 0 aliphatic rings. The van der Waals surface area contributed by atoms with Crippen LogP contribution in [0.15, 0.2) is 18.2 Å². The average Bonchev–Trinajstić information content (AvgIpc) is 2.40. The summed E-state index contributed by atoms with van der Waals surface area (Å²) in [6, 6.07) is 6.06. The number of nitrogens with zero attached hydrogens (tertiary/aromatic N) is 2. The molecule has 0 spiro atoms. The molecule has 1 rings (SSSR count). The molecule has 18 heavy (non-hydrogen) atoms. The van der Waals surface area contributed by atoms with Crippen LogP contribution in [0.1, 0.15) is 25.2 Å². The maximum absolute atomic E-state index is 5.66. The molecule has 0 saturated carbocycles. The van der Waals surface area contributed by atoms with Crippen molar-refractivity contribution in [2.75, 3.05) is 33.3 Å². The van der Waals surface area contributed by atoms with Gasteiger partial charge in [-0.15, -0.1) is 0 Å². The Morgan fingerprint density at radius 2 is 1.94 bits per heavy atom. The second kappa shape index (κ2) is 9.03. The van der Waals surface area contributed by atoms with E-state index in [1.54, 1.807) is 0 Å². The fourth-order valence-corrected chi connectivity index (χ4v) is 1.80. The predicted octanol–water partition coefficient (Wildman–Crippen LogP) is 1.66. The molecule has 0 fully saturated rings. The zero-order valence-electron chi connectivity index (χ0n) is 11.8. The van der Waals surface area contributed by atoms with Gasteiger partial charge in [0.05, 0.1) is 24.6 Å². The fraction of sp³-hybridized carbons (Fsp3) is 0.643. The van der Waals surface area contributed by atoms with E-state index in [1.165, 1.54) is 0 Å². The second-order valence-corrected chi connectivity index (χ2v) is 4.23. The number of rotatable bonds is 9. The Hall–Kier alpha value is -0.970. The third-order valence-corrected chi connectivity index (χ3v) is 2.92. The van der Waals surface area contributed by atoms with E-state index in [0.717, 1.165) is 44.2 Å². The van der Waals surface area contributed by atoms with Crippen molar-refractivity contribution in [1.29, 1.82) is 0 Å². The SMILES string of the molecule is CCN(CC)CCOCc1cccc(CNC)n1. The van der Waals surface area contributed by atoms with Crippen LogP contribution in [-0.4, -0.2) is 43.2 Å². The van der Waals surface area contributed by atoms with Crippen molar-refractivity contribution in [3.63, 3.8) is 0 Å². The first-order valence-corrected chi connectivity index (χ1v) is 6.69. The number of likely N-dealkylation sites (N-methyl/N-ethyl adjacent to an activating group) is 1. The minimum Gasteiger partial charge on any atom is -0.374 e. The van der Waals surface area contributed by atoms with E-state index in [0.29, 0.717) is 6.61 Å². The summed E-state index contributed by atoms with van der Waals surface area (Å²) in [6.07, 6.45) is 0. The molecule has 4 heteroatoms. The van der Waals surface area contributed by atoms with Gasteiger partial charge in [-0.25, -0.2) is 0 Å². The lowest BCUT2D eigenvalue weighted by molar-refractivity contribution is 0.0935. The van der Waals surface area contributed by atoms with Crippen LogP contribution in [-0.2, 0) is 17.9 Å². The summed E-state index contributed by atoms with van der Waals surface area (Å²) in [7, 11) is 1.93. The maximum Gasteiger partial charge on any atom is 0.0888 e. The molecular weight excluding hydrogens is 226 g/mol. The van der Waals surface area contributed by atoms with Crippen molar-refractivity contribution in [1.82, 2.24) is 15.2 Å². The molecule has 0 bridgehead atoms. The van der Waals surface area contributed by atoms with Gasteiger partial charge >= 0.3 is 0 Å². The number of hydrogen-bond donors (Lipinski definition) is 1. The van der Waals surface area contributed by atoms with Crippen LogP contribution in [0.4, 0.5) is 0 Å². The molecule has 0 amide bonds. The lowest BCUT2D eigenvalue weighted by Crippen LogP contribution is -2.27. The highest BCUT2D eigenvalue weighted by Gasteiger charge is 2.00. The summed E-state index contributed by atoms with van der Waals surface area (Å²) < 4.78 is 5.66. The zero-order valence-corrected chi connectivity index (χ0v) is 11.8. The van der Waals surface area contributed by atoms with Gasteiger partial charge in [0.2, 0.25) is 0 Å². The lowest BCUT2D eigenvalue weighted by atomic mass is 10.3. The summed E-state index contributed by atoms with van der Waals surface area (Å²) in [5, 5.41) is 3.10. The van der Waals surface area contributed by atoms with E-state index in [4.69, 9.17) is 4.74 Å². The van der Waals surface area contributed by atoms with Crippen molar-refractivity contribution < 1.29 is 4.74 Å². The van der Waals surface area contributed by atoms with Crippen molar-refractivity contribution in [2.45, 2.75) is 27.0 Å². The first-order valence-electron chi connectivity index (χ1n) is 6.69. The van der Waals surface area contributed by atoms with Crippen LogP contribution >= 0.6 is 0 Å². The van der Waals surface area contributed by atoms with Crippen LogP contribution in [0.2, 0.25) is 0 Å². The minimum absolute atomic E-state index is 0.596. The van der Waals surface area contributed by atoms with Crippen molar-refractivity contribution >= 4 is 0 Å². The van der Waals surface area contributed by atoms with E-state index in [-0.39, 0.29) is 0 Å². The molecule has 0 saturated heterocycles. The number of ether oxygens (including phenoxy) is 1. The van der Waals surface area contributed by atoms with Crippen LogP contribution in [0.3, 0.4) is 0 Å². The molecule has 102 valence electrons. The van der Waals surface area contributed by atoms with Crippen LogP contribution in [0.5, 0.6) is 0 Å². The summed E-state index contributed by atoms with van der Waals surface area (Å²) in [5.41, 5.74) is 2.06. The standard InChI is InChI=1S/C14H25N3O/c1-4-17(5-2)9-10-18-12-14-8-6-7-13(16-14)11-15-3/h6-8,15H,4-5,9-12H2,1-3H3. The summed E-state index contributed by atoms with van der Waals surface area (Å²) in [6.45, 7) is 9.65. The van der Waals surface area contributed by atoms with E-state index in [2.05, 4.69) is 29.0 Å². The molecule has 0 aliphatic heterocycles. The molecule has 0 radical (unpaired) electrons. The van der Waals surface area contributed by atoms with Gasteiger partial charge in [0.25, 0.3) is 0 Å². The van der Waals surface area contributed by atoms with Crippen molar-refractivity contribution in [2.24, 2.45) is 0 Å². The third-order valence-electron chi connectivity index (χ3n) is 2.92. The van der Waals surface area contributed by atoms with Gasteiger partial charge in [-0.1, -0.05) is 19.9 Å². The quantitative estimate of drug-likeness (QED) is 0.677. The predicted molar refractivity (Wildman–Crippen MR) is 74.4 cm³/mol. The Kier molecular flexibility index (Phi) is 7.57. The number of nitrogens with one attached hydrogen (secondary N) is 1. The largest absolute Gasteiger partial charge is 0.374 e. The molecule has 0 unspecified atom stereocenters. The fourth-order valence-electron chi connectivity index (χ4n) is 1.80. The first-order chi connectivity index (χ1) is 8.80. The molecule has 4 nitrogen and oxygen atoms in total. The second-order valence-electron chi connectivity index (χ2n) is 4.23. The number of hydrogen-bond acceptors (Lipinski definition) is 4. The Morgan fingerprint density at radius 3 is 2.61 bits per heavy atom. The minimum atomic E-state index is 0.596. The van der Waals surface area contributed by atoms with Gasteiger partial charge in [-0.3, -0.25) is 4.98 Å². The Labute approximate surface area is 110 Å². The molecular formula is C14H25N3O. The first kappa shape index (κ1) is 15.1. The Bertz CT molecular complexity index is 327. The zero-order chi connectivity index (χ0) is 13.2.